The Morgan fingerprint density at radius 1 is 1.38 bits per heavy atom. The van der Waals surface area contributed by atoms with Crippen LogP contribution in [0.3, 0.4) is 0 Å². The zero-order chi connectivity index (χ0) is 15.1. The van der Waals surface area contributed by atoms with E-state index in [1.807, 2.05) is 17.5 Å². The Bertz CT molecular complexity index is 604. The molecular formula is C16H19N3OS. The molecular weight excluding hydrogens is 282 g/mol. The Kier molecular flexibility index (Phi) is 5.51. The quantitative estimate of drug-likeness (QED) is 0.772. The monoisotopic (exact) mass is 301 g/mol. The van der Waals surface area contributed by atoms with E-state index in [2.05, 4.69) is 41.3 Å². The molecule has 0 aliphatic carbocycles. The molecule has 2 N–H and O–H groups in total. The maximum atomic E-state index is 11.6. The van der Waals surface area contributed by atoms with Crippen LogP contribution in [-0.2, 0) is 17.6 Å². The summed E-state index contributed by atoms with van der Waals surface area (Å²) in [6, 6.07) is 8.27. The van der Waals surface area contributed by atoms with Gasteiger partial charge in [-0.15, -0.1) is 17.9 Å². The summed E-state index contributed by atoms with van der Waals surface area (Å²) in [6.07, 6.45) is 2.98. The number of thiazole rings is 1. The van der Waals surface area contributed by atoms with E-state index in [9.17, 15) is 4.79 Å². The number of aryl methyl sites for hydroxylation is 1. The highest BCUT2D eigenvalue weighted by Gasteiger charge is 2.07. The smallest absolute Gasteiger partial charge is 0.226 e. The summed E-state index contributed by atoms with van der Waals surface area (Å²) in [5.41, 5.74) is 3.08. The second-order valence-corrected chi connectivity index (χ2v) is 5.45. The van der Waals surface area contributed by atoms with Gasteiger partial charge in [0, 0.05) is 17.6 Å². The van der Waals surface area contributed by atoms with Crippen LogP contribution in [0.4, 0.5) is 10.8 Å². The standard InChI is InChI=1S/C16H19N3OS/c1-3-9-17-15(20)10-14-11-21-16(19-14)18-13-7-5-12(4-2)6-8-13/h3,5-8,11H,1,4,9-10H2,2H3,(H,17,20)(H,18,19). The number of hydrogen-bond acceptors (Lipinski definition) is 4. The fourth-order valence-corrected chi connectivity index (χ4v) is 2.54. The number of rotatable bonds is 7. The molecule has 0 saturated carbocycles. The first-order valence-electron chi connectivity index (χ1n) is 6.89. The van der Waals surface area contributed by atoms with E-state index in [1.165, 1.54) is 16.9 Å². The van der Waals surface area contributed by atoms with Crippen LogP contribution in [0.1, 0.15) is 18.2 Å². The van der Waals surface area contributed by atoms with Gasteiger partial charge in [0.25, 0.3) is 0 Å². The van der Waals surface area contributed by atoms with E-state index >= 15 is 0 Å². The van der Waals surface area contributed by atoms with Crippen LogP contribution < -0.4 is 10.6 Å². The number of hydrogen-bond donors (Lipinski definition) is 2. The number of nitrogens with one attached hydrogen (secondary N) is 2. The van der Waals surface area contributed by atoms with Crippen LogP contribution in [0.5, 0.6) is 0 Å². The first kappa shape index (κ1) is 15.3. The van der Waals surface area contributed by atoms with Gasteiger partial charge in [0.1, 0.15) is 0 Å². The van der Waals surface area contributed by atoms with Gasteiger partial charge in [-0.05, 0) is 24.1 Å². The number of carbonyl (C=O) groups excluding carboxylic acids is 1. The Balaban J connectivity index is 1.92. The van der Waals surface area contributed by atoms with E-state index in [0.717, 1.165) is 22.9 Å². The van der Waals surface area contributed by atoms with Crippen LogP contribution in [0, 0.1) is 0 Å². The van der Waals surface area contributed by atoms with E-state index in [4.69, 9.17) is 0 Å². The largest absolute Gasteiger partial charge is 0.352 e. The molecule has 0 spiro atoms. The number of carbonyl (C=O) groups is 1. The van der Waals surface area contributed by atoms with Crippen molar-refractivity contribution in [3.05, 3.63) is 53.6 Å². The van der Waals surface area contributed by atoms with Gasteiger partial charge < -0.3 is 10.6 Å². The van der Waals surface area contributed by atoms with E-state index in [-0.39, 0.29) is 5.91 Å². The third-order valence-corrected chi connectivity index (χ3v) is 3.76. The molecule has 1 aromatic heterocycles. The van der Waals surface area contributed by atoms with Gasteiger partial charge in [-0.2, -0.15) is 0 Å². The van der Waals surface area contributed by atoms with Crippen molar-refractivity contribution >= 4 is 28.1 Å². The summed E-state index contributed by atoms with van der Waals surface area (Å²) in [6.45, 7) is 6.18. The third-order valence-electron chi connectivity index (χ3n) is 2.95. The normalized spacial score (nSPS) is 10.1. The lowest BCUT2D eigenvalue weighted by molar-refractivity contribution is -0.120. The van der Waals surface area contributed by atoms with Gasteiger partial charge in [0.15, 0.2) is 5.13 Å². The maximum Gasteiger partial charge on any atom is 0.226 e. The fourth-order valence-electron chi connectivity index (χ4n) is 1.81. The highest BCUT2D eigenvalue weighted by molar-refractivity contribution is 7.13. The van der Waals surface area contributed by atoms with E-state index < -0.39 is 0 Å². The topological polar surface area (TPSA) is 54.0 Å². The molecule has 4 nitrogen and oxygen atoms in total. The van der Waals surface area contributed by atoms with Crippen molar-refractivity contribution in [3.8, 4) is 0 Å². The molecule has 5 heteroatoms. The van der Waals surface area contributed by atoms with Crippen LogP contribution in [-0.4, -0.2) is 17.4 Å². The zero-order valence-electron chi connectivity index (χ0n) is 12.1. The Hall–Kier alpha value is -2.14. The Labute approximate surface area is 128 Å². The van der Waals surface area contributed by atoms with Crippen molar-refractivity contribution in [1.29, 1.82) is 0 Å². The Morgan fingerprint density at radius 2 is 2.14 bits per heavy atom. The predicted octanol–water partition coefficient (Wildman–Crippen LogP) is 3.29. The van der Waals surface area contributed by atoms with Crippen molar-refractivity contribution < 1.29 is 4.79 Å². The molecule has 2 aromatic rings. The van der Waals surface area contributed by atoms with Gasteiger partial charge >= 0.3 is 0 Å². The molecule has 2 rings (SSSR count). The van der Waals surface area contributed by atoms with Crippen LogP contribution in [0.2, 0.25) is 0 Å². The molecule has 0 radical (unpaired) electrons. The minimum atomic E-state index is -0.0425. The average molecular weight is 301 g/mol. The van der Waals surface area contributed by atoms with Crippen LogP contribution in [0.25, 0.3) is 0 Å². The fraction of sp³-hybridized carbons (Fsp3) is 0.250. The summed E-state index contributed by atoms with van der Waals surface area (Å²) in [5, 5.41) is 8.69. The first-order chi connectivity index (χ1) is 10.2. The lowest BCUT2D eigenvalue weighted by Gasteiger charge is -2.03. The van der Waals surface area contributed by atoms with Crippen molar-refractivity contribution in [1.82, 2.24) is 10.3 Å². The molecule has 110 valence electrons. The van der Waals surface area contributed by atoms with Crippen molar-refractivity contribution in [3.63, 3.8) is 0 Å². The molecule has 0 atom stereocenters. The van der Waals surface area contributed by atoms with Crippen LogP contribution >= 0.6 is 11.3 Å². The predicted molar refractivity (Wildman–Crippen MR) is 88.1 cm³/mol. The van der Waals surface area contributed by atoms with Gasteiger partial charge in [-0.1, -0.05) is 25.1 Å². The highest BCUT2D eigenvalue weighted by atomic mass is 32.1. The van der Waals surface area contributed by atoms with Crippen LogP contribution in [0.15, 0.2) is 42.3 Å². The summed E-state index contributed by atoms with van der Waals surface area (Å²) in [7, 11) is 0. The highest BCUT2D eigenvalue weighted by Crippen LogP contribution is 2.21. The Morgan fingerprint density at radius 3 is 2.81 bits per heavy atom. The molecule has 21 heavy (non-hydrogen) atoms. The van der Waals surface area contributed by atoms with E-state index in [0.29, 0.717) is 13.0 Å². The molecule has 1 aromatic carbocycles. The minimum absolute atomic E-state index is 0.0425. The summed E-state index contributed by atoms with van der Waals surface area (Å²) < 4.78 is 0. The van der Waals surface area contributed by atoms with Crippen molar-refractivity contribution in [2.45, 2.75) is 19.8 Å². The molecule has 0 unspecified atom stereocenters. The molecule has 0 fully saturated rings. The number of nitrogens with zero attached hydrogens (tertiary/aromatic N) is 1. The lowest BCUT2D eigenvalue weighted by Crippen LogP contribution is -2.25. The molecule has 0 saturated heterocycles. The van der Waals surface area contributed by atoms with Gasteiger partial charge in [-0.3, -0.25) is 4.79 Å². The summed E-state index contributed by atoms with van der Waals surface area (Å²) >= 11 is 1.50. The van der Waals surface area contributed by atoms with Gasteiger partial charge in [0.2, 0.25) is 5.91 Å². The number of benzene rings is 1. The molecule has 0 aliphatic rings. The number of aromatic nitrogens is 1. The second-order valence-electron chi connectivity index (χ2n) is 4.59. The maximum absolute atomic E-state index is 11.6. The SMILES string of the molecule is C=CCNC(=O)Cc1csc(Nc2ccc(CC)cc2)n1. The minimum Gasteiger partial charge on any atom is -0.352 e. The number of amides is 1. The molecule has 0 bridgehead atoms. The molecule has 0 aliphatic heterocycles. The summed E-state index contributed by atoms with van der Waals surface area (Å²) in [4.78, 5) is 16.0. The van der Waals surface area contributed by atoms with Gasteiger partial charge in [0.05, 0.1) is 12.1 Å². The zero-order valence-corrected chi connectivity index (χ0v) is 12.9. The molecule has 1 amide bonds. The molecule has 1 heterocycles. The lowest BCUT2D eigenvalue weighted by atomic mass is 10.1. The number of anilines is 2. The first-order valence-corrected chi connectivity index (χ1v) is 7.77. The van der Waals surface area contributed by atoms with Gasteiger partial charge in [-0.25, -0.2) is 4.98 Å². The van der Waals surface area contributed by atoms with Crippen molar-refractivity contribution in [2.75, 3.05) is 11.9 Å². The van der Waals surface area contributed by atoms with Crippen molar-refractivity contribution in [2.24, 2.45) is 0 Å². The average Bonchev–Trinajstić information content (AvgIpc) is 2.93. The van der Waals surface area contributed by atoms with E-state index in [1.54, 1.807) is 6.08 Å². The third kappa shape index (κ3) is 4.72. The summed E-state index contributed by atoms with van der Waals surface area (Å²) in [5.74, 6) is -0.0425. The second kappa shape index (κ2) is 7.59.